The first-order valence-electron chi connectivity index (χ1n) is 3.85. The third-order valence-electron chi connectivity index (χ3n) is 1.44. The Kier molecular flexibility index (Phi) is 3.98. The molecule has 0 N–H and O–H groups in total. The van der Waals surface area contributed by atoms with Crippen molar-refractivity contribution in [3.8, 4) is 0 Å². The number of allylic oxidation sites excluding steroid dienone is 4. The van der Waals surface area contributed by atoms with Crippen molar-refractivity contribution < 1.29 is 17.1 Å². The molecule has 1 aliphatic carbocycles. The fraction of sp³-hybridized carbons (Fsp3) is 0.556. The molecule has 1 heteroatoms. The SMILES string of the molecule is CCC[CH2][Ru][C]1=CC=CC1. The van der Waals surface area contributed by atoms with Crippen molar-refractivity contribution in [1.82, 2.24) is 0 Å². The third-order valence-corrected chi connectivity index (χ3v) is 3.93. The third kappa shape index (κ3) is 2.79. The second-order valence-corrected chi connectivity index (χ2v) is 4.99. The Hall–Kier alpha value is 0.103. The predicted octanol–water partition coefficient (Wildman–Crippen LogP) is 3.13. The summed E-state index contributed by atoms with van der Waals surface area (Å²) in [5, 5.41) is 1.47. The molecule has 0 saturated carbocycles. The first kappa shape index (κ1) is 8.20. The van der Waals surface area contributed by atoms with Crippen molar-refractivity contribution in [2.45, 2.75) is 31.2 Å². The van der Waals surface area contributed by atoms with Crippen molar-refractivity contribution in [3.05, 3.63) is 22.4 Å². The molecule has 0 saturated heterocycles. The summed E-state index contributed by atoms with van der Waals surface area (Å²) in [6, 6.07) is 0. The molecule has 0 aromatic rings. The Balaban J connectivity index is 2.04. The average Bonchev–Trinajstić information content (AvgIpc) is 2.41. The van der Waals surface area contributed by atoms with Crippen LogP contribution in [-0.4, -0.2) is 0 Å². The summed E-state index contributed by atoms with van der Waals surface area (Å²) in [5.41, 5.74) is 0. The molecule has 0 amide bonds. The molecule has 0 aliphatic heterocycles. The average molecular weight is 223 g/mol. The summed E-state index contributed by atoms with van der Waals surface area (Å²) in [7, 11) is 0. The zero-order valence-electron chi connectivity index (χ0n) is 6.41. The fourth-order valence-electron chi connectivity index (χ4n) is 0.810. The Morgan fingerprint density at radius 1 is 1.60 bits per heavy atom. The molecule has 0 nitrogen and oxygen atoms in total. The summed E-state index contributed by atoms with van der Waals surface area (Å²) >= 11 is 0.578. The van der Waals surface area contributed by atoms with Gasteiger partial charge in [-0.15, -0.1) is 0 Å². The predicted molar refractivity (Wildman–Crippen MR) is 41.6 cm³/mol. The molecular formula is C9H14Ru. The second-order valence-electron chi connectivity index (χ2n) is 2.39. The second kappa shape index (κ2) is 4.85. The van der Waals surface area contributed by atoms with Crippen molar-refractivity contribution in [3.63, 3.8) is 0 Å². The van der Waals surface area contributed by atoms with Crippen molar-refractivity contribution >= 4 is 0 Å². The molecular weight excluding hydrogens is 209 g/mol. The first-order chi connectivity index (χ1) is 4.93. The van der Waals surface area contributed by atoms with Gasteiger partial charge in [0, 0.05) is 0 Å². The van der Waals surface area contributed by atoms with Gasteiger partial charge < -0.3 is 0 Å². The van der Waals surface area contributed by atoms with E-state index in [9.17, 15) is 0 Å². The fourth-order valence-corrected chi connectivity index (χ4v) is 3.12. The topological polar surface area (TPSA) is 0 Å². The van der Waals surface area contributed by atoms with Crippen LogP contribution in [0.2, 0.25) is 5.02 Å². The van der Waals surface area contributed by atoms with Gasteiger partial charge in [-0.05, 0) is 0 Å². The molecule has 10 heavy (non-hydrogen) atoms. The van der Waals surface area contributed by atoms with E-state index in [0.29, 0.717) is 17.1 Å². The van der Waals surface area contributed by atoms with Gasteiger partial charge in [-0.3, -0.25) is 0 Å². The molecule has 0 bridgehead atoms. The minimum atomic E-state index is 0.578. The van der Waals surface area contributed by atoms with Gasteiger partial charge in [0.15, 0.2) is 0 Å². The molecule has 0 fully saturated rings. The standard InChI is InChI=1S/C5H5.C4H9.Ru/c1-2-4-5-3-1;1-3-4-2;/h1-3H,4H2;1,3-4H2,2H3;. The van der Waals surface area contributed by atoms with Crippen molar-refractivity contribution in [1.29, 1.82) is 0 Å². The first-order valence-corrected chi connectivity index (χ1v) is 5.95. The van der Waals surface area contributed by atoms with E-state index in [1.807, 2.05) is 0 Å². The Bertz CT molecular complexity index is 145. The van der Waals surface area contributed by atoms with Crippen LogP contribution in [0.25, 0.3) is 0 Å². The van der Waals surface area contributed by atoms with Gasteiger partial charge in [-0.1, -0.05) is 0 Å². The van der Waals surface area contributed by atoms with Crippen LogP contribution in [0.3, 0.4) is 0 Å². The molecule has 58 valence electrons. The van der Waals surface area contributed by atoms with E-state index in [-0.39, 0.29) is 0 Å². The van der Waals surface area contributed by atoms with Gasteiger partial charge in [-0.25, -0.2) is 0 Å². The zero-order valence-corrected chi connectivity index (χ0v) is 8.15. The van der Waals surface area contributed by atoms with Crippen LogP contribution in [-0.2, 0) is 17.1 Å². The molecule has 0 aromatic heterocycles. The van der Waals surface area contributed by atoms with Gasteiger partial charge in [-0.2, -0.15) is 0 Å². The number of hydrogen-bond donors (Lipinski definition) is 0. The molecule has 0 aromatic carbocycles. The molecule has 0 radical (unpaired) electrons. The number of rotatable bonds is 4. The summed E-state index contributed by atoms with van der Waals surface area (Å²) in [6.45, 7) is 2.27. The molecule has 0 heterocycles. The molecule has 0 spiro atoms. The van der Waals surface area contributed by atoms with Crippen LogP contribution in [0, 0.1) is 0 Å². The quantitative estimate of drug-likeness (QED) is 0.507. The van der Waals surface area contributed by atoms with Crippen LogP contribution in [0.5, 0.6) is 0 Å². The summed E-state index contributed by atoms with van der Waals surface area (Å²) < 4.78 is 1.71. The van der Waals surface area contributed by atoms with Crippen LogP contribution >= 0.6 is 0 Å². The van der Waals surface area contributed by atoms with E-state index in [2.05, 4.69) is 25.2 Å². The Morgan fingerprint density at radius 3 is 3.10 bits per heavy atom. The summed E-state index contributed by atoms with van der Waals surface area (Å²) in [5.74, 6) is 0. The van der Waals surface area contributed by atoms with Crippen LogP contribution < -0.4 is 0 Å². The van der Waals surface area contributed by atoms with E-state index < -0.39 is 0 Å². The molecule has 0 unspecified atom stereocenters. The Morgan fingerprint density at radius 2 is 2.50 bits per heavy atom. The monoisotopic (exact) mass is 224 g/mol. The molecule has 1 rings (SSSR count). The van der Waals surface area contributed by atoms with Gasteiger partial charge in [0.1, 0.15) is 0 Å². The number of unbranched alkanes of at least 4 members (excludes halogenated alkanes) is 1. The van der Waals surface area contributed by atoms with E-state index in [1.54, 1.807) is 4.17 Å². The van der Waals surface area contributed by atoms with Crippen LogP contribution in [0.1, 0.15) is 26.2 Å². The van der Waals surface area contributed by atoms with E-state index in [0.717, 1.165) is 0 Å². The van der Waals surface area contributed by atoms with Crippen LogP contribution in [0.15, 0.2) is 22.4 Å². The Labute approximate surface area is 71.0 Å². The van der Waals surface area contributed by atoms with Gasteiger partial charge in [0.2, 0.25) is 0 Å². The summed E-state index contributed by atoms with van der Waals surface area (Å²) in [6.07, 6.45) is 10.8. The van der Waals surface area contributed by atoms with Crippen LogP contribution in [0.4, 0.5) is 0 Å². The van der Waals surface area contributed by atoms with Crippen molar-refractivity contribution in [2.24, 2.45) is 0 Å². The van der Waals surface area contributed by atoms with Gasteiger partial charge >= 0.3 is 70.7 Å². The van der Waals surface area contributed by atoms with Gasteiger partial charge in [0.05, 0.1) is 0 Å². The minimum absolute atomic E-state index is 0.578. The summed E-state index contributed by atoms with van der Waals surface area (Å²) in [4.78, 5) is 0. The molecule has 1 aliphatic rings. The van der Waals surface area contributed by atoms with Gasteiger partial charge in [0.25, 0.3) is 0 Å². The van der Waals surface area contributed by atoms with E-state index >= 15 is 0 Å². The number of hydrogen-bond acceptors (Lipinski definition) is 0. The molecule has 0 atom stereocenters. The van der Waals surface area contributed by atoms with E-state index in [4.69, 9.17) is 0 Å². The maximum atomic E-state index is 2.30. The van der Waals surface area contributed by atoms with Crippen molar-refractivity contribution in [2.75, 3.05) is 0 Å². The maximum absolute atomic E-state index is 2.30. The zero-order chi connectivity index (χ0) is 7.23. The van der Waals surface area contributed by atoms with E-state index in [1.165, 1.54) is 24.3 Å². The normalized spacial score (nSPS) is 16.3.